The highest BCUT2D eigenvalue weighted by molar-refractivity contribution is 6.82. The summed E-state index contributed by atoms with van der Waals surface area (Å²) >= 11 is 0. The van der Waals surface area contributed by atoms with E-state index in [1.165, 1.54) is 6.33 Å². The zero-order valence-electron chi connectivity index (χ0n) is 16.2. The number of nitrogens with zero attached hydrogens (tertiary/aromatic N) is 4. The van der Waals surface area contributed by atoms with Crippen molar-refractivity contribution >= 4 is 19.2 Å². The lowest BCUT2D eigenvalue weighted by molar-refractivity contribution is -0.0741. The Morgan fingerprint density at radius 3 is 2.58 bits per heavy atom. The van der Waals surface area contributed by atoms with Crippen molar-refractivity contribution in [1.29, 1.82) is 0 Å². The maximum atomic E-state index is 10.6. The van der Waals surface area contributed by atoms with Crippen molar-refractivity contribution in [2.75, 3.05) is 13.7 Å². The fraction of sp³-hybridized carbons (Fsp3) is 0.706. The molecule has 9 heteroatoms. The Morgan fingerprint density at radius 1 is 1.35 bits per heavy atom. The summed E-state index contributed by atoms with van der Waals surface area (Å²) in [6.07, 6.45) is 2.12. The third kappa shape index (κ3) is 2.56. The van der Waals surface area contributed by atoms with Crippen molar-refractivity contribution in [3.05, 3.63) is 12.7 Å². The van der Waals surface area contributed by atoms with Crippen LogP contribution >= 0.6 is 0 Å². The van der Waals surface area contributed by atoms with Crippen molar-refractivity contribution in [3.8, 4) is 5.88 Å². The number of ether oxygens (including phenoxy) is 2. The molecule has 8 nitrogen and oxygen atoms in total. The highest BCUT2D eigenvalue weighted by Crippen LogP contribution is 2.53. The van der Waals surface area contributed by atoms with Crippen molar-refractivity contribution in [2.24, 2.45) is 0 Å². The Kier molecular flexibility index (Phi) is 4.63. The zero-order valence-corrected chi connectivity index (χ0v) is 17.2. The molecule has 26 heavy (non-hydrogen) atoms. The molecule has 1 aliphatic heterocycles. The molecular weight excluding hydrogens is 352 g/mol. The fourth-order valence-corrected chi connectivity index (χ4v) is 6.73. The molecule has 0 radical (unpaired) electrons. The van der Waals surface area contributed by atoms with Crippen LogP contribution in [0.1, 0.15) is 27.2 Å². The van der Waals surface area contributed by atoms with E-state index in [9.17, 15) is 10.2 Å². The van der Waals surface area contributed by atoms with Gasteiger partial charge in [0.05, 0.1) is 26.1 Å². The lowest BCUT2D eigenvalue weighted by Crippen LogP contribution is -2.61. The number of hydrogen-bond acceptors (Lipinski definition) is 7. The first-order chi connectivity index (χ1) is 12.1. The van der Waals surface area contributed by atoms with Crippen LogP contribution in [-0.4, -0.2) is 63.7 Å². The number of aromatic nitrogens is 4. The van der Waals surface area contributed by atoms with Crippen LogP contribution in [0.2, 0.25) is 18.1 Å². The minimum atomic E-state index is -2.24. The molecule has 1 saturated heterocycles. The molecule has 3 rings (SSSR count). The molecule has 0 aromatic carbocycles. The minimum absolute atomic E-state index is 0.0369. The molecule has 0 spiro atoms. The van der Waals surface area contributed by atoms with Gasteiger partial charge >= 0.3 is 0 Å². The van der Waals surface area contributed by atoms with Gasteiger partial charge in [0, 0.05) is 6.42 Å². The molecule has 1 fully saturated rings. The monoisotopic (exact) mass is 380 g/mol. The van der Waals surface area contributed by atoms with Gasteiger partial charge in [-0.3, -0.25) is 4.57 Å². The number of aliphatic hydroxyl groups excluding tert-OH is 2. The third-order valence-electron chi connectivity index (χ3n) is 6.18. The van der Waals surface area contributed by atoms with Crippen LogP contribution in [0.25, 0.3) is 11.2 Å². The minimum Gasteiger partial charge on any atom is -0.479 e. The Labute approximate surface area is 154 Å². The predicted molar refractivity (Wildman–Crippen MR) is 99.6 cm³/mol. The van der Waals surface area contributed by atoms with Gasteiger partial charge in [-0.1, -0.05) is 33.9 Å². The summed E-state index contributed by atoms with van der Waals surface area (Å²) in [6, 6.07) is 0. The normalized spacial score (nSPS) is 27.2. The van der Waals surface area contributed by atoms with Gasteiger partial charge in [0.25, 0.3) is 0 Å². The quantitative estimate of drug-likeness (QED) is 0.778. The predicted octanol–water partition coefficient (Wildman–Crippen LogP) is 1.68. The second-order valence-electron chi connectivity index (χ2n) is 8.44. The Morgan fingerprint density at radius 2 is 2.04 bits per heavy atom. The van der Waals surface area contributed by atoms with Crippen LogP contribution < -0.4 is 4.74 Å². The van der Waals surface area contributed by atoms with Crippen LogP contribution in [0.15, 0.2) is 12.7 Å². The summed E-state index contributed by atoms with van der Waals surface area (Å²) in [5, 5.41) is 19.4. The van der Waals surface area contributed by atoms with E-state index in [1.807, 2.05) is 4.57 Å². The first-order valence-corrected chi connectivity index (χ1v) is 11.8. The summed E-state index contributed by atoms with van der Waals surface area (Å²) < 4.78 is 13.6. The summed E-state index contributed by atoms with van der Waals surface area (Å²) in [4.78, 5) is 13.0. The third-order valence-corrected chi connectivity index (χ3v) is 12.4. The second-order valence-corrected chi connectivity index (χ2v) is 14.0. The van der Waals surface area contributed by atoms with Gasteiger partial charge in [0.15, 0.2) is 11.2 Å². The van der Waals surface area contributed by atoms with Gasteiger partial charge < -0.3 is 19.7 Å². The smallest absolute Gasteiger partial charge is 0.245 e. The fourth-order valence-electron chi connectivity index (χ4n) is 3.62. The van der Waals surface area contributed by atoms with Gasteiger partial charge in [-0.25, -0.2) is 9.97 Å². The second kappa shape index (κ2) is 6.26. The molecule has 1 aliphatic rings. The first kappa shape index (κ1) is 19.2. The largest absolute Gasteiger partial charge is 0.479 e. The molecule has 0 saturated carbocycles. The van der Waals surface area contributed by atoms with Crippen LogP contribution in [0.3, 0.4) is 0 Å². The zero-order chi connectivity index (χ0) is 19.3. The van der Waals surface area contributed by atoms with E-state index < -0.39 is 25.6 Å². The van der Waals surface area contributed by atoms with Gasteiger partial charge in [0.1, 0.15) is 25.9 Å². The highest BCUT2D eigenvalue weighted by atomic mass is 28.3. The summed E-state index contributed by atoms with van der Waals surface area (Å²) in [7, 11) is -0.699. The highest BCUT2D eigenvalue weighted by Gasteiger charge is 2.61. The SMILES string of the molecule is COc1ncnc2c1ncn2[C@@]1([Si](C)(C)C(C)(C)C)C[C@H](O)[C@@H](CO)O1. The molecule has 2 N–H and O–H groups in total. The summed E-state index contributed by atoms with van der Waals surface area (Å²) in [5.74, 6) is 0.399. The molecule has 144 valence electrons. The molecule has 0 aliphatic carbocycles. The van der Waals surface area contributed by atoms with E-state index in [0.29, 0.717) is 23.5 Å². The number of aliphatic hydroxyl groups is 2. The van der Waals surface area contributed by atoms with E-state index in [1.54, 1.807) is 13.4 Å². The summed E-state index contributed by atoms with van der Waals surface area (Å²) in [5.41, 5.74) is 1.16. The van der Waals surface area contributed by atoms with Gasteiger partial charge in [0.2, 0.25) is 5.88 Å². The van der Waals surface area contributed by atoms with Gasteiger partial charge in [-0.15, -0.1) is 0 Å². The van der Waals surface area contributed by atoms with Gasteiger partial charge in [-0.05, 0) is 5.04 Å². The maximum absolute atomic E-state index is 10.6. The van der Waals surface area contributed by atoms with Crippen LogP contribution in [-0.2, 0) is 10.1 Å². The number of hydrogen-bond donors (Lipinski definition) is 2. The van der Waals surface area contributed by atoms with E-state index in [4.69, 9.17) is 9.47 Å². The molecule has 2 aromatic heterocycles. The average Bonchev–Trinajstić information content (AvgIpc) is 3.15. The van der Waals surface area contributed by atoms with Crippen molar-refractivity contribution in [3.63, 3.8) is 0 Å². The standard InChI is InChI=1S/C17H28N4O4Si/c1-16(2,3)26(5,6)17(7-11(23)12(8-22)25-17)21-10-20-13-14(21)18-9-19-15(13)24-4/h9-12,22-23H,7-8H2,1-6H3/t11-,12+,17-/m0/s1. The molecule has 0 bridgehead atoms. The van der Waals surface area contributed by atoms with Crippen LogP contribution in [0.5, 0.6) is 5.88 Å². The number of imidazole rings is 1. The maximum Gasteiger partial charge on any atom is 0.245 e. The van der Waals surface area contributed by atoms with E-state index in [2.05, 4.69) is 48.8 Å². The molecule has 3 heterocycles. The summed E-state index contributed by atoms with van der Waals surface area (Å²) in [6.45, 7) is 10.8. The van der Waals surface area contributed by atoms with Gasteiger partial charge in [-0.2, -0.15) is 4.98 Å². The van der Waals surface area contributed by atoms with Crippen LogP contribution in [0, 0.1) is 0 Å². The van der Waals surface area contributed by atoms with E-state index in [0.717, 1.165) is 0 Å². The lowest BCUT2D eigenvalue weighted by atomic mass is 10.2. The van der Waals surface area contributed by atoms with E-state index >= 15 is 0 Å². The van der Waals surface area contributed by atoms with Crippen molar-refractivity contribution in [2.45, 2.75) is 62.9 Å². The molecule has 3 atom stereocenters. The number of methoxy groups -OCH3 is 1. The molecule has 0 unspecified atom stereocenters. The van der Waals surface area contributed by atoms with Crippen molar-refractivity contribution < 1.29 is 19.7 Å². The van der Waals surface area contributed by atoms with E-state index in [-0.39, 0.29) is 11.6 Å². The molecule has 2 aromatic rings. The van der Waals surface area contributed by atoms with Crippen LogP contribution in [0.4, 0.5) is 0 Å². The number of rotatable bonds is 4. The molecular formula is C17H28N4O4Si. The lowest BCUT2D eigenvalue weighted by Gasteiger charge is -2.50. The Bertz CT molecular complexity index is 804. The number of fused-ring (bicyclic) bond motifs is 1. The first-order valence-electron chi connectivity index (χ1n) is 8.78. The molecule has 0 amide bonds. The Hall–Kier alpha value is -1.55. The Balaban J connectivity index is 2.27. The van der Waals surface area contributed by atoms with Crippen molar-refractivity contribution in [1.82, 2.24) is 19.5 Å². The average molecular weight is 381 g/mol. The topological polar surface area (TPSA) is 103 Å².